The number of esters is 3. The zero-order valence-electron chi connectivity index (χ0n) is 45.2. The molecule has 4 saturated heterocycles. The number of nitrogens with zero attached hydrogens (tertiary/aromatic N) is 8. The molecule has 8 rings (SSSR count). The number of aromatic nitrogens is 8. The number of imidazole rings is 2. The van der Waals surface area contributed by atoms with Crippen LogP contribution in [0.4, 0.5) is 11.6 Å². The van der Waals surface area contributed by atoms with Gasteiger partial charge in [-0.05, 0) is 36.0 Å². The molecule has 484 valence electrons. The highest BCUT2D eigenvalue weighted by Crippen LogP contribution is 2.63. The topological polar surface area (TPSA) is 547 Å². The Kier molecular flexibility index (Phi) is 23.9. The summed E-state index contributed by atoms with van der Waals surface area (Å²) < 4.78 is 96.2. The second-order valence-corrected chi connectivity index (χ2v) is 28.0. The van der Waals surface area contributed by atoms with Crippen molar-refractivity contribution in [2.24, 2.45) is 11.8 Å². The van der Waals surface area contributed by atoms with E-state index in [1.54, 1.807) is 6.92 Å². The minimum absolute atomic E-state index is 0. The summed E-state index contributed by atoms with van der Waals surface area (Å²) in [4.78, 5) is 102. The van der Waals surface area contributed by atoms with Gasteiger partial charge in [-0.1, -0.05) is 28.2 Å². The fourth-order valence-electron chi connectivity index (χ4n) is 9.19. The molecule has 44 heteroatoms. The van der Waals surface area contributed by atoms with Crippen molar-refractivity contribution in [3.63, 3.8) is 0 Å². The highest BCUT2D eigenvalue weighted by atomic mass is 32.5. The molecule has 38 nitrogen and oxygen atoms in total. The molecular formula is C42H66N10O28P4S2. The number of carbonyl (C=O) groups is 3. The van der Waals surface area contributed by atoms with Crippen LogP contribution in [0, 0.1) is 11.8 Å². The summed E-state index contributed by atoms with van der Waals surface area (Å²) in [6.07, 6.45) is -17.7. The SMILES string of the molecule is C.CCC1O[C@@H](OP(=O)(O)OP(O)(=S)OC[C@H]2O[C@@H](n3cnc4c(N)ncnc43)[C@@H](OC(C)=O)C2OC(C)=O)C(OC(C)=O)[C@@H](C)[C@@H]1C.Nc1ncnc2c1ncn2[C@@H]1O[C@H](COP(O)(=S)OP(=O)(O)O[C@@H]2OC(CO)[C@@H](O)[C@H](O)C2O)C(O)[C@@H]1O. The number of rotatable bonds is 21. The number of aliphatic hydroxyl groups is 6. The molecule has 0 aromatic carbocycles. The molecule has 4 aliphatic rings. The molecule has 0 bridgehead atoms. The molecular weight excluding hydrogens is 1280 g/mol. The Morgan fingerprint density at radius 2 is 1.02 bits per heavy atom. The monoisotopic (exact) mass is 1350 g/mol. The smallest absolute Gasteiger partial charge is 0.457 e. The highest BCUT2D eigenvalue weighted by molar-refractivity contribution is 8.08. The molecule has 4 fully saturated rings. The standard InChI is InChI=1S/C25H37N5O14P2S.C16H25N5O14P2S.CH4/c1-7-16-11(2)12(3)19(38-13(4)31)25(42-16)43-45(34,35)44-46(36,47)37-8-17-20(39-14(5)32)21(40-15(6)33)24(41-17)30-10-29-18-22(26)27-9-28-23(18)30;17-13-7-14(19-3-18-13)21(4-20-7)15-11(26)9(24)6(32-15)2-31-37(30,38)35-36(28,29)34-16-12(27)10(25)8(23)5(1-22)33-16;/h9-12,16-17,19-21,24-25H,7-8H2,1-6H3,(H,34,35)(H,36,47)(H2,26,27,28);3-6,8-12,15-16,22-27H,1-2H2,(H,28,29)(H,30,38)(H2,17,18,19);1H4/t11-,12-,16?,17+,19?,20?,21-,24+,25-,46?;5?,6-,8-,9?,10+,11+,12?,15-,16+,37?;/m01./s1. The van der Waals surface area contributed by atoms with E-state index >= 15 is 0 Å². The summed E-state index contributed by atoms with van der Waals surface area (Å²) in [5, 5.41) is 59.5. The maximum Gasteiger partial charge on any atom is 0.481 e. The van der Waals surface area contributed by atoms with Crippen molar-refractivity contribution in [1.82, 2.24) is 39.0 Å². The number of phosphoric ester groups is 2. The second-order valence-electron chi connectivity index (χ2n) is 19.2. The van der Waals surface area contributed by atoms with Gasteiger partial charge in [0.1, 0.15) is 72.5 Å². The van der Waals surface area contributed by atoms with Crippen molar-refractivity contribution in [2.75, 3.05) is 31.3 Å². The Morgan fingerprint density at radius 3 is 1.52 bits per heavy atom. The van der Waals surface area contributed by atoms with Crippen LogP contribution < -0.4 is 11.5 Å². The Hall–Kier alpha value is -3.93. The molecule has 86 heavy (non-hydrogen) atoms. The van der Waals surface area contributed by atoms with Crippen molar-refractivity contribution in [1.29, 1.82) is 0 Å². The van der Waals surface area contributed by atoms with E-state index in [2.05, 4.69) is 38.7 Å². The molecule has 0 aliphatic carbocycles. The largest absolute Gasteiger partial charge is 0.481 e. The third-order valence-corrected chi connectivity index (χ3v) is 20.3. The summed E-state index contributed by atoms with van der Waals surface area (Å²) in [6.45, 7) is -2.58. The first kappa shape index (κ1) is 71.1. The molecule has 4 aromatic rings. The first-order valence-electron chi connectivity index (χ1n) is 25.1. The van der Waals surface area contributed by atoms with Gasteiger partial charge >= 0.3 is 47.0 Å². The third-order valence-electron chi connectivity index (χ3n) is 13.3. The number of aliphatic hydroxyl groups excluding tert-OH is 6. The van der Waals surface area contributed by atoms with Crippen LogP contribution in [-0.2, 0) is 107 Å². The number of nitrogen functional groups attached to an aromatic ring is 2. The van der Waals surface area contributed by atoms with Crippen LogP contribution in [0.3, 0.4) is 0 Å². The minimum atomic E-state index is -5.36. The summed E-state index contributed by atoms with van der Waals surface area (Å²) in [5.74, 6) is -2.51. The molecule has 0 amide bonds. The fraction of sp³-hybridized carbons (Fsp3) is 0.690. The zero-order valence-corrected chi connectivity index (χ0v) is 50.4. The van der Waals surface area contributed by atoms with Crippen LogP contribution in [0.15, 0.2) is 25.3 Å². The van der Waals surface area contributed by atoms with Gasteiger partial charge in [0.05, 0.1) is 38.6 Å². The predicted octanol–water partition coefficient (Wildman–Crippen LogP) is -1.29. The van der Waals surface area contributed by atoms with Crippen LogP contribution in [0.1, 0.15) is 67.8 Å². The molecule has 8 heterocycles. The van der Waals surface area contributed by atoms with Gasteiger partial charge in [0, 0.05) is 26.7 Å². The number of fused-ring (bicyclic) bond motifs is 2. The molecule has 0 saturated carbocycles. The molecule has 0 spiro atoms. The highest BCUT2D eigenvalue weighted by Gasteiger charge is 2.53. The number of nitrogens with two attached hydrogens (primary N) is 2. The normalized spacial score (nSPS) is 33.9. The first-order chi connectivity index (χ1) is 39.7. The lowest BCUT2D eigenvalue weighted by atomic mass is 9.82. The van der Waals surface area contributed by atoms with Crippen LogP contribution in [-0.4, -0.2) is 213 Å². The lowest BCUT2D eigenvalue weighted by Gasteiger charge is -2.43. The van der Waals surface area contributed by atoms with Crippen molar-refractivity contribution in [2.45, 2.75) is 154 Å². The number of carbonyl (C=O) groups excluding carboxylic acids is 3. The molecule has 22 atom stereocenters. The van der Waals surface area contributed by atoms with Gasteiger partial charge in [-0.25, -0.2) is 47.7 Å². The third kappa shape index (κ3) is 16.9. The van der Waals surface area contributed by atoms with Crippen molar-refractivity contribution in [3.05, 3.63) is 25.3 Å². The Morgan fingerprint density at radius 1 is 0.581 bits per heavy atom. The number of phosphoric acid groups is 2. The van der Waals surface area contributed by atoms with E-state index in [-0.39, 0.29) is 53.2 Å². The van der Waals surface area contributed by atoms with Gasteiger partial charge in [-0.15, -0.1) is 0 Å². The molecule has 4 aliphatic heterocycles. The lowest BCUT2D eigenvalue weighted by molar-refractivity contribution is -0.280. The van der Waals surface area contributed by atoms with Crippen LogP contribution in [0.2, 0.25) is 0 Å². The Balaban J connectivity index is 0.000000278. The average molecular weight is 1350 g/mol. The summed E-state index contributed by atoms with van der Waals surface area (Å²) >= 11 is 9.68. The summed E-state index contributed by atoms with van der Waals surface area (Å²) in [7, 11) is -10.6. The zero-order chi connectivity index (χ0) is 62.8. The molecule has 4 aromatic heterocycles. The number of hydrogen-bond acceptors (Lipinski definition) is 34. The van der Waals surface area contributed by atoms with Gasteiger partial charge in [0.15, 0.2) is 60.0 Å². The molecule has 14 N–H and O–H groups in total. The van der Waals surface area contributed by atoms with E-state index < -0.39 is 165 Å². The van der Waals surface area contributed by atoms with E-state index in [9.17, 15) is 73.7 Å². The maximum atomic E-state index is 13.1. The maximum absolute atomic E-state index is 13.1. The van der Waals surface area contributed by atoms with Crippen molar-refractivity contribution in [3.8, 4) is 0 Å². The van der Waals surface area contributed by atoms with Crippen molar-refractivity contribution < 1.29 is 134 Å². The van der Waals surface area contributed by atoms with Crippen LogP contribution >= 0.6 is 29.1 Å². The number of anilines is 2. The average Bonchev–Trinajstić information content (AvgIpc) is 1.82. The summed E-state index contributed by atoms with van der Waals surface area (Å²) in [5.41, 5.74) is 12.4. The quantitative estimate of drug-likeness (QED) is 0.0262. The lowest BCUT2D eigenvalue weighted by Crippen LogP contribution is -2.58. The van der Waals surface area contributed by atoms with Crippen molar-refractivity contribution >= 4 is 105 Å². The van der Waals surface area contributed by atoms with Gasteiger partial charge < -0.3 is 104 Å². The second kappa shape index (κ2) is 28.9. The van der Waals surface area contributed by atoms with E-state index in [4.69, 9.17) is 86.1 Å². The molecule has 0 radical (unpaired) electrons. The van der Waals surface area contributed by atoms with E-state index in [0.717, 1.165) is 20.2 Å². The Labute approximate surface area is 497 Å². The van der Waals surface area contributed by atoms with Gasteiger partial charge in [0.2, 0.25) is 6.29 Å². The van der Waals surface area contributed by atoms with E-state index in [1.807, 2.05) is 13.8 Å². The van der Waals surface area contributed by atoms with E-state index in [0.29, 0.717) is 6.42 Å². The molecule has 10 unspecified atom stereocenters. The van der Waals surface area contributed by atoms with Gasteiger partial charge in [-0.2, -0.15) is 0 Å². The van der Waals surface area contributed by atoms with Gasteiger partial charge in [-0.3, -0.25) is 32.6 Å². The Bertz CT molecular complexity index is 3230. The van der Waals surface area contributed by atoms with Crippen LogP contribution in [0.25, 0.3) is 22.3 Å². The van der Waals surface area contributed by atoms with Gasteiger partial charge in [0.25, 0.3) is 0 Å². The minimum Gasteiger partial charge on any atom is -0.457 e. The van der Waals surface area contributed by atoms with E-state index in [1.165, 1.54) is 35.0 Å². The van der Waals surface area contributed by atoms with Crippen LogP contribution in [0.5, 0.6) is 0 Å². The first-order valence-corrected chi connectivity index (χ1v) is 33.2. The predicted molar refractivity (Wildman–Crippen MR) is 293 cm³/mol. The summed E-state index contributed by atoms with van der Waals surface area (Å²) in [6, 6.07) is 0. The number of hydrogen-bond donors (Lipinski definition) is 12. The fourth-order valence-corrected chi connectivity index (χ4v) is 15.4. The number of ether oxygens (including phenoxy) is 7.